The summed E-state index contributed by atoms with van der Waals surface area (Å²) in [7, 11) is 0. The van der Waals surface area contributed by atoms with Crippen molar-refractivity contribution in [3.05, 3.63) is 132 Å². The summed E-state index contributed by atoms with van der Waals surface area (Å²) in [5.74, 6) is 0.452. The van der Waals surface area contributed by atoms with Crippen molar-refractivity contribution < 1.29 is 6.85 Å². The van der Waals surface area contributed by atoms with Crippen molar-refractivity contribution in [1.29, 1.82) is 10.8 Å². The Morgan fingerprint density at radius 2 is 1.25 bits per heavy atom. The van der Waals surface area contributed by atoms with E-state index in [2.05, 4.69) is 4.98 Å². The predicted molar refractivity (Wildman–Crippen MR) is 163 cm³/mol. The highest BCUT2D eigenvalue weighted by Crippen LogP contribution is 2.34. The van der Waals surface area contributed by atoms with Crippen LogP contribution in [-0.2, 0) is 0 Å². The zero-order valence-corrected chi connectivity index (χ0v) is 21.1. The van der Waals surface area contributed by atoms with Crippen molar-refractivity contribution >= 4 is 28.3 Å². The lowest BCUT2D eigenvalue weighted by Crippen LogP contribution is -2.16. The van der Waals surface area contributed by atoms with Crippen LogP contribution in [-0.4, -0.2) is 26.4 Å². The van der Waals surface area contributed by atoms with Gasteiger partial charge in [0.25, 0.3) is 0 Å². The summed E-state index contributed by atoms with van der Waals surface area (Å²) in [6.45, 7) is 0. The fourth-order valence-corrected chi connectivity index (χ4v) is 4.93. The molecule has 0 saturated heterocycles. The standard InChI is InChI=1S/C35H23N5/c36-30-20-19-24-17-15-23-16-18-26(21-29(23)31(24)32(30)37)34-38-33(25-11-5-2-6-12-25)39-35(40-34)28-14-8-7-13-27(28)22-9-3-1-4-10-22/h1-21,36-37H/i2D,5D,6D,11D,12D. The predicted octanol–water partition coefficient (Wildman–Crippen LogP) is 8.11. The molecule has 6 aromatic rings. The minimum atomic E-state index is -0.501. The number of hydrogen-bond donors (Lipinski definition) is 2. The molecule has 0 radical (unpaired) electrons. The normalized spacial score (nSPS) is 14.2. The monoisotopic (exact) mass is 518 g/mol. The number of hydrogen-bond acceptors (Lipinski definition) is 5. The third-order valence-electron chi connectivity index (χ3n) is 6.87. The second kappa shape index (κ2) is 9.64. The van der Waals surface area contributed by atoms with Gasteiger partial charge >= 0.3 is 0 Å². The number of aromatic nitrogens is 3. The molecule has 2 N–H and O–H groups in total. The smallest absolute Gasteiger partial charge is 0.164 e. The fraction of sp³-hybridized carbons (Fsp3) is 0. The van der Waals surface area contributed by atoms with Crippen molar-refractivity contribution in [2.45, 2.75) is 0 Å². The molecule has 0 aliphatic heterocycles. The van der Waals surface area contributed by atoms with E-state index in [1.807, 2.05) is 91.0 Å². The second-order valence-corrected chi connectivity index (χ2v) is 9.31. The van der Waals surface area contributed by atoms with E-state index in [0.29, 0.717) is 16.7 Å². The molecular formula is C35H23N5. The molecular weight excluding hydrogens is 490 g/mol. The molecule has 0 spiro atoms. The third kappa shape index (κ3) is 4.10. The van der Waals surface area contributed by atoms with E-state index in [1.54, 1.807) is 6.08 Å². The molecule has 5 nitrogen and oxygen atoms in total. The molecule has 5 heteroatoms. The van der Waals surface area contributed by atoms with E-state index in [4.69, 9.17) is 27.6 Å². The SMILES string of the molecule is [2H]c1c([2H])c([2H])c(-c2nc(-c3ccc4ccc5c(c4c3)C(=N)C(=N)C=C5)nc(-c3ccccc3-c3ccccc3)n2)c([2H])c1[2H]. The van der Waals surface area contributed by atoms with Gasteiger partial charge in [0.15, 0.2) is 17.5 Å². The maximum Gasteiger partial charge on any atom is 0.164 e. The zero-order chi connectivity index (χ0) is 31.4. The van der Waals surface area contributed by atoms with Gasteiger partial charge in [0.2, 0.25) is 0 Å². The minimum absolute atomic E-state index is 0.0532. The lowest BCUT2D eigenvalue weighted by molar-refractivity contribution is 1.07. The summed E-state index contributed by atoms with van der Waals surface area (Å²) in [5, 5.41) is 18.5. The van der Waals surface area contributed by atoms with Crippen molar-refractivity contribution in [3.63, 3.8) is 0 Å². The summed E-state index contributed by atoms with van der Waals surface area (Å²) in [5.41, 5.74) is 4.62. The maximum absolute atomic E-state index is 8.63. The molecule has 0 amide bonds. The summed E-state index contributed by atoms with van der Waals surface area (Å²) >= 11 is 0. The zero-order valence-electron chi connectivity index (χ0n) is 26.1. The van der Waals surface area contributed by atoms with Crippen molar-refractivity contribution in [1.82, 2.24) is 15.0 Å². The lowest BCUT2D eigenvalue weighted by atomic mass is 9.88. The van der Waals surface area contributed by atoms with Gasteiger partial charge in [0.1, 0.15) is 0 Å². The van der Waals surface area contributed by atoms with Gasteiger partial charge in [0.05, 0.1) is 18.3 Å². The number of allylic oxidation sites excluding steroid dienone is 1. The average molecular weight is 519 g/mol. The maximum atomic E-state index is 8.63. The number of benzene rings is 5. The van der Waals surface area contributed by atoms with Crippen LogP contribution in [0.15, 0.2) is 121 Å². The van der Waals surface area contributed by atoms with Gasteiger partial charge in [-0.3, -0.25) is 10.8 Å². The van der Waals surface area contributed by atoms with Crippen LogP contribution in [0.3, 0.4) is 0 Å². The quantitative estimate of drug-likeness (QED) is 0.247. The Kier molecular flexibility index (Phi) is 4.50. The summed E-state index contributed by atoms with van der Waals surface area (Å²) in [6.07, 6.45) is 3.43. The molecule has 1 aromatic heterocycles. The van der Waals surface area contributed by atoms with E-state index in [1.165, 1.54) is 0 Å². The van der Waals surface area contributed by atoms with Gasteiger partial charge < -0.3 is 0 Å². The van der Waals surface area contributed by atoms with E-state index < -0.39 is 30.2 Å². The first kappa shape index (κ1) is 18.7. The Labute approximate surface area is 238 Å². The van der Waals surface area contributed by atoms with Crippen LogP contribution in [0.2, 0.25) is 0 Å². The molecule has 1 heterocycles. The van der Waals surface area contributed by atoms with Crippen LogP contribution in [0.4, 0.5) is 0 Å². The molecule has 0 unspecified atom stereocenters. The highest BCUT2D eigenvalue weighted by Gasteiger charge is 2.20. The van der Waals surface area contributed by atoms with Gasteiger partial charge in [-0.15, -0.1) is 0 Å². The molecule has 1 aliphatic carbocycles. The molecule has 0 fully saturated rings. The fourth-order valence-electron chi connectivity index (χ4n) is 4.93. The van der Waals surface area contributed by atoms with Gasteiger partial charge in [-0.05, 0) is 39.6 Å². The minimum Gasteiger partial charge on any atom is -0.299 e. The van der Waals surface area contributed by atoms with Crippen molar-refractivity contribution in [2.24, 2.45) is 0 Å². The molecule has 0 bridgehead atoms. The van der Waals surface area contributed by atoms with E-state index >= 15 is 0 Å². The Bertz CT molecular complexity index is 2240. The van der Waals surface area contributed by atoms with Crippen molar-refractivity contribution in [2.75, 3.05) is 0 Å². The Morgan fingerprint density at radius 1 is 0.575 bits per heavy atom. The first-order chi connectivity index (χ1) is 21.7. The van der Waals surface area contributed by atoms with Crippen LogP contribution in [0, 0.1) is 10.8 Å². The number of nitrogens with one attached hydrogen (secondary N) is 2. The topological polar surface area (TPSA) is 86.4 Å². The van der Waals surface area contributed by atoms with Crippen molar-refractivity contribution in [3.8, 4) is 45.3 Å². The largest absolute Gasteiger partial charge is 0.299 e. The first-order valence-corrected chi connectivity index (χ1v) is 12.6. The van der Waals surface area contributed by atoms with Crippen LogP contribution >= 0.6 is 0 Å². The summed E-state index contributed by atoms with van der Waals surface area (Å²) in [4.78, 5) is 14.3. The van der Waals surface area contributed by atoms with E-state index in [9.17, 15) is 0 Å². The lowest BCUT2D eigenvalue weighted by Gasteiger charge is -2.16. The Hall–Kier alpha value is -5.55. The molecule has 0 atom stereocenters. The first-order valence-electron chi connectivity index (χ1n) is 15.1. The molecule has 5 aromatic carbocycles. The molecule has 0 saturated carbocycles. The van der Waals surface area contributed by atoms with Gasteiger partial charge in [-0.25, -0.2) is 15.0 Å². The van der Waals surface area contributed by atoms with Crippen LogP contribution in [0.1, 0.15) is 18.0 Å². The van der Waals surface area contributed by atoms with Crippen LogP contribution in [0.25, 0.3) is 62.1 Å². The highest BCUT2D eigenvalue weighted by atomic mass is 15.0. The summed E-state index contributed by atoms with van der Waals surface area (Å²) in [6, 6.07) is 24.6. The molecule has 40 heavy (non-hydrogen) atoms. The van der Waals surface area contributed by atoms with Gasteiger partial charge in [-0.2, -0.15) is 0 Å². The molecule has 7 rings (SSSR count). The van der Waals surface area contributed by atoms with E-state index in [0.717, 1.165) is 27.5 Å². The third-order valence-corrected chi connectivity index (χ3v) is 6.87. The Balaban J connectivity index is 1.52. The van der Waals surface area contributed by atoms with Gasteiger partial charge in [0, 0.05) is 22.3 Å². The highest BCUT2D eigenvalue weighted by molar-refractivity contribution is 6.53. The number of nitrogens with zero attached hydrogens (tertiary/aromatic N) is 3. The van der Waals surface area contributed by atoms with Crippen LogP contribution < -0.4 is 0 Å². The van der Waals surface area contributed by atoms with Gasteiger partial charge in [-0.1, -0.05) is 115 Å². The second-order valence-electron chi connectivity index (χ2n) is 9.31. The van der Waals surface area contributed by atoms with E-state index in [-0.39, 0.29) is 34.5 Å². The Morgan fingerprint density at radius 3 is 2.05 bits per heavy atom. The van der Waals surface area contributed by atoms with Crippen LogP contribution in [0.5, 0.6) is 0 Å². The number of fused-ring (bicyclic) bond motifs is 3. The summed E-state index contributed by atoms with van der Waals surface area (Å²) < 4.78 is 41.9. The molecule has 1 aliphatic rings. The molecule has 188 valence electrons. The average Bonchev–Trinajstić information content (AvgIpc) is 3.08. The number of rotatable bonds is 4.